The Balaban J connectivity index is 1.82. The largest absolute Gasteiger partial charge is 0.477 e. The summed E-state index contributed by atoms with van der Waals surface area (Å²) in [6.07, 6.45) is 0. The molecule has 0 amide bonds. The Hall–Kier alpha value is -1.78. The Bertz CT molecular complexity index is 763. The zero-order chi connectivity index (χ0) is 14.7. The minimum Gasteiger partial charge on any atom is -0.477 e. The molecular formula is C17H14O2S2. The van der Waals surface area contributed by atoms with Gasteiger partial charge in [0.25, 0.3) is 0 Å². The first-order valence-electron chi connectivity index (χ1n) is 6.61. The number of carbonyl (C=O) groups is 1. The molecule has 0 aliphatic carbocycles. The number of carboxylic acids is 1. The first-order valence-corrected chi connectivity index (χ1v) is 8.58. The quantitative estimate of drug-likeness (QED) is 0.717. The molecule has 0 saturated carbocycles. The molecule has 0 aliphatic rings. The molecular weight excluding hydrogens is 300 g/mol. The SMILES string of the molecule is O=C(O)c1sc2ccccc2c1CSCc1ccccc1. The van der Waals surface area contributed by atoms with Crippen LogP contribution < -0.4 is 0 Å². The number of hydrogen-bond acceptors (Lipinski definition) is 3. The Kier molecular flexibility index (Phi) is 4.27. The number of rotatable bonds is 5. The van der Waals surface area contributed by atoms with Gasteiger partial charge in [-0.25, -0.2) is 4.79 Å². The zero-order valence-electron chi connectivity index (χ0n) is 11.3. The Labute approximate surface area is 131 Å². The van der Waals surface area contributed by atoms with Crippen molar-refractivity contribution < 1.29 is 9.90 Å². The average molecular weight is 314 g/mol. The van der Waals surface area contributed by atoms with Gasteiger partial charge in [0.05, 0.1) is 0 Å². The van der Waals surface area contributed by atoms with Crippen LogP contribution in [-0.2, 0) is 11.5 Å². The molecule has 2 aromatic carbocycles. The van der Waals surface area contributed by atoms with Crippen molar-refractivity contribution in [2.24, 2.45) is 0 Å². The highest BCUT2D eigenvalue weighted by atomic mass is 32.2. The summed E-state index contributed by atoms with van der Waals surface area (Å²) < 4.78 is 1.05. The third-order valence-electron chi connectivity index (χ3n) is 3.25. The normalized spacial score (nSPS) is 10.9. The van der Waals surface area contributed by atoms with Crippen molar-refractivity contribution in [1.82, 2.24) is 0 Å². The van der Waals surface area contributed by atoms with Gasteiger partial charge in [-0.1, -0.05) is 48.5 Å². The van der Waals surface area contributed by atoms with Crippen LogP contribution >= 0.6 is 23.1 Å². The second-order valence-corrected chi connectivity index (χ2v) is 6.73. The van der Waals surface area contributed by atoms with Crippen LogP contribution in [0.25, 0.3) is 10.1 Å². The minimum atomic E-state index is -0.827. The molecule has 3 rings (SSSR count). The van der Waals surface area contributed by atoms with E-state index in [4.69, 9.17) is 0 Å². The minimum absolute atomic E-state index is 0.469. The van der Waals surface area contributed by atoms with Crippen LogP contribution in [0.15, 0.2) is 54.6 Å². The summed E-state index contributed by atoms with van der Waals surface area (Å²) in [5.74, 6) is 0.788. The van der Waals surface area contributed by atoms with Gasteiger partial charge in [-0.05, 0) is 22.6 Å². The van der Waals surface area contributed by atoms with E-state index >= 15 is 0 Å². The summed E-state index contributed by atoms with van der Waals surface area (Å²) in [5.41, 5.74) is 2.21. The molecule has 21 heavy (non-hydrogen) atoms. The van der Waals surface area contributed by atoms with E-state index in [2.05, 4.69) is 12.1 Å². The van der Waals surface area contributed by atoms with Crippen molar-refractivity contribution in [3.63, 3.8) is 0 Å². The number of hydrogen-bond donors (Lipinski definition) is 1. The standard InChI is InChI=1S/C17H14O2S2/c18-17(19)16-14(13-8-4-5-9-15(13)21-16)11-20-10-12-6-2-1-3-7-12/h1-9H,10-11H2,(H,18,19). The molecule has 0 fully saturated rings. The molecule has 4 heteroatoms. The number of thiophene rings is 1. The maximum atomic E-state index is 11.4. The second kappa shape index (κ2) is 6.33. The molecule has 1 aromatic heterocycles. The fourth-order valence-corrected chi connectivity index (χ4v) is 4.45. The lowest BCUT2D eigenvalue weighted by Gasteiger charge is -2.03. The lowest BCUT2D eigenvalue weighted by atomic mass is 10.1. The Morgan fingerprint density at radius 2 is 1.71 bits per heavy atom. The lowest BCUT2D eigenvalue weighted by Crippen LogP contribution is -1.96. The van der Waals surface area contributed by atoms with Crippen LogP contribution in [0.3, 0.4) is 0 Å². The van der Waals surface area contributed by atoms with E-state index in [1.807, 2.05) is 42.5 Å². The van der Waals surface area contributed by atoms with Crippen LogP contribution in [0, 0.1) is 0 Å². The van der Waals surface area contributed by atoms with Gasteiger partial charge >= 0.3 is 5.97 Å². The number of fused-ring (bicyclic) bond motifs is 1. The molecule has 0 spiro atoms. The summed E-state index contributed by atoms with van der Waals surface area (Å²) in [7, 11) is 0. The molecule has 2 nitrogen and oxygen atoms in total. The van der Waals surface area contributed by atoms with Gasteiger partial charge in [-0.3, -0.25) is 0 Å². The zero-order valence-corrected chi connectivity index (χ0v) is 12.9. The van der Waals surface area contributed by atoms with Gasteiger partial charge in [0.15, 0.2) is 0 Å². The van der Waals surface area contributed by atoms with E-state index in [0.717, 1.165) is 27.2 Å². The van der Waals surface area contributed by atoms with Crippen molar-refractivity contribution in [1.29, 1.82) is 0 Å². The summed E-state index contributed by atoms with van der Waals surface area (Å²) in [6.45, 7) is 0. The van der Waals surface area contributed by atoms with E-state index in [1.54, 1.807) is 11.8 Å². The number of carboxylic acid groups (broad SMARTS) is 1. The van der Waals surface area contributed by atoms with Crippen LogP contribution in [0.1, 0.15) is 20.8 Å². The lowest BCUT2D eigenvalue weighted by molar-refractivity contribution is 0.0701. The van der Waals surface area contributed by atoms with Gasteiger partial charge in [0.2, 0.25) is 0 Å². The number of aromatic carboxylic acids is 1. The maximum Gasteiger partial charge on any atom is 0.346 e. The van der Waals surface area contributed by atoms with Crippen LogP contribution in [0.4, 0.5) is 0 Å². The monoisotopic (exact) mass is 314 g/mol. The molecule has 0 bridgehead atoms. The Morgan fingerprint density at radius 1 is 1.00 bits per heavy atom. The first kappa shape index (κ1) is 14.2. The Morgan fingerprint density at radius 3 is 2.48 bits per heavy atom. The first-order chi connectivity index (χ1) is 10.3. The van der Waals surface area contributed by atoms with Crippen molar-refractivity contribution in [2.75, 3.05) is 0 Å². The topological polar surface area (TPSA) is 37.3 Å². The van der Waals surface area contributed by atoms with Gasteiger partial charge in [-0.15, -0.1) is 11.3 Å². The van der Waals surface area contributed by atoms with Gasteiger partial charge in [0, 0.05) is 16.2 Å². The van der Waals surface area contributed by atoms with E-state index in [9.17, 15) is 9.90 Å². The van der Waals surface area contributed by atoms with E-state index in [-0.39, 0.29) is 0 Å². The van der Waals surface area contributed by atoms with Gasteiger partial charge in [0.1, 0.15) is 4.88 Å². The van der Waals surface area contributed by atoms with Crippen molar-refractivity contribution >= 4 is 39.2 Å². The van der Waals surface area contributed by atoms with Gasteiger partial charge < -0.3 is 5.11 Å². The molecule has 106 valence electrons. The molecule has 1 heterocycles. The van der Waals surface area contributed by atoms with Gasteiger partial charge in [-0.2, -0.15) is 11.8 Å². The highest BCUT2D eigenvalue weighted by Crippen LogP contribution is 2.34. The van der Waals surface area contributed by atoms with Crippen molar-refractivity contribution in [2.45, 2.75) is 11.5 Å². The summed E-state index contributed by atoms with van der Waals surface area (Å²) in [6, 6.07) is 18.2. The van der Waals surface area contributed by atoms with Crippen molar-refractivity contribution in [3.05, 3.63) is 70.6 Å². The summed E-state index contributed by atoms with van der Waals surface area (Å²) >= 11 is 3.12. The average Bonchev–Trinajstić information content (AvgIpc) is 2.88. The predicted octanol–water partition coefficient (Wildman–Crippen LogP) is 5.03. The van der Waals surface area contributed by atoms with Crippen LogP contribution in [0.5, 0.6) is 0 Å². The molecule has 0 radical (unpaired) electrons. The maximum absolute atomic E-state index is 11.4. The summed E-state index contributed by atoms with van der Waals surface area (Å²) in [4.78, 5) is 11.9. The molecule has 3 aromatic rings. The second-order valence-electron chi connectivity index (χ2n) is 4.69. The fraction of sp³-hybridized carbons (Fsp3) is 0.118. The van der Waals surface area contributed by atoms with Crippen LogP contribution in [-0.4, -0.2) is 11.1 Å². The smallest absolute Gasteiger partial charge is 0.346 e. The predicted molar refractivity (Wildman–Crippen MR) is 90.2 cm³/mol. The molecule has 0 aliphatic heterocycles. The van der Waals surface area contributed by atoms with E-state index in [0.29, 0.717) is 4.88 Å². The highest BCUT2D eigenvalue weighted by Gasteiger charge is 2.17. The van der Waals surface area contributed by atoms with E-state index < -0.39 is 5.97 Å². The van der Waals surface area contributed by atoms with E-state index in [1.165, 1.54) is 16.9 Å². The number of benzene rings is 2. The molecule has 0 unspecified atom stereocenters. The summed E-state index contributed by atoms with van der Waals surface area (Å²) in [5, 5.41) is 10.5. The van der Waals surface area contributed by atoms with Crippen LogP contribution in [0.2, 0.25) is 0 Å². The highest BCUT2D eigenvalue weighted by molar-refractivity contribution is 7.97. The van der Waals surface area contributed by atoms with Crippen molar-refractivity contribution in [3.8, 4) is 0 Å². The third-order valence-corrected chi connectivity index (χ3v) is 5.48. The molecule has 0 saturated heterocycles. The number of thioether (sulfide) groups is 1. The molecule has 1 N–H and O–H groups in total. The third kappa shape index (κ3) is 3.12. The fourth-order valence-electron chi connectivity index (χ4n) is 2.26. The molecule has 0 atom stereocenters.